The molecule has 2 amide bonds. The number of aryl methyl sites for hydroxylation is 1. The monoisotopic (exact) mass is 415 g/mol. The maximum Gasteiger partial charge on any atom is 0.266 e. The van der Waals surface area contributed by atoms with Crippen molar-refractivity contribution in [1.82, 2.24) is 9.97 Å². The fourth-order valence-corrected chi connectivity index (χ4v) is 3.26. The highest BCUT2D eigenvalue weighted by Gasteiger charge is 2.14. The van der Waals surface area contributed by atoms with Crippen molar-refractivity contribution in [3.8, 4) is 6.07 Å². The van der Waals surface area contributed by atoms with Crippen LogP contribution < -0.4 is 16.2 Å². The molecular weight excluding hydrogens is 394 g/mol. The van der Waals surface area contributed by atoms with Crippen LogP contribution in [-0.4, -0.2) is 21.8 Å². The zero-order chi connectivity index (χ0) is 22.4. The van der Waals surface area contributed by atoms with Crippen LogP contribution in [0.1, 0.15) is 39.2 Å². The van der Waals surface area contributed by atoms with Crippen LogP contribution in [-0.2, 0) is 11.2 Å². The largest absolute Gasteiger partial charge is 0.326 e. The number of nitrogens with one attached hydrogen (secondary N) is 3. The Morgan fingerprint density at radius 3 is 2.55 bits per heavy atom. The van der Waals surface area contributed by atoms with E-state index in [0.717, 1.165) is 5.56 Å². The molecule has 0 unspecified atom stereocenters. The second-order valence-electron chi connectivity index (χ2n) is 6.99. The van der Waals surface area contributed by atoms with Gasteiger partial charge >= 0.3 is 0 Å². The molecule has 8 nitrogen and oxygen atoms in total. The molecule has 8 heteroatoms. The van der Waals surface area contributed by atoms with Gasteiger partial charge in [0.05, 0.1) is 0 Å². The summed E-state index contributed by atoms with van der Waals surface area (Å²) in [6.45, 7) is 3.45. The molecule has 0 saturated heterocycles. The standard InChI is InChI=1S/C23H21N5O3/c1-14-19(15(2)26-23(31)20(14)13-24)6-7-21(29)27-18-5-3-4-16(12-18)22(30)28-17-8-10-25-11-9-17/h3-5,8-12H,6-7H2,1-2H3,(H,26,31)(H,27,29)(H,25,28,30). The molecule has 31 heavy (non-hydrogen) atoms. The lowest BCUT2D eigenvalue weighted by atomic mass is 9.99. The molecule has 0 fully saturated rings. The Labute approximate surface area is 179 Å². The lowest BCUT2D eigenvalue weighted by Gasteiger charge is -2.11. The Bertz CT molecular complexity index is 1230. The van der Waals surface area contributed by atoms with E-state index < -0.39 is 5.56 Å². The summed E-state index contributed by atoms with van der Waals surface area (Å²) in [5.74, 6) is -0.541. The average molecular weight is 415 g/mol. The highest BCUT2D eigenvalue weighted by Crippen LogP contribution is 2.17. The summed E-state index contributed by atoms with van der Waals surface area (Å²) in [7, 11) is 0. The number of carbonyl (C=O) groups excluding carboxylic acids is 2. The van der Waals surface area contributed by atoms with Gasteiger partial charge in [0, 0.05) is 41.4 Å². The lowest BCUT2D eigenvalue weighted by Crippen LogP contribution is -2.18. The minimum absolute atomic E-state index is 0.0638. The number of amides is 2. The van der Waals surface area contributed by atoms with Crippen LogP contribution >= 0.6 is 0 Å². The fraction of sp³-hybridized carbons (Fsp3) is 0.174. The molecule has 0 aliphatic carbocycles. The number of hydrogen-bond acceptors (Lipinski definition) is 5. The SMILES string of the molecule is Cc1[nH]c(=O)c(C#N)c(C)c1CCC(=O)Nc1cccc(C(=O)Nc2ccncc2)c1. The van der Waals surface area contributed by atoms with Gasteiger partial charge in [-0.05, 0) is 61.7 Å². The maximum absolute atomic E-state index is 12.4. The third-order valence-corrected chi connectivity index (χ3v) is 4.87. The van der Waals surface area contributed by atoms with E-state index in [9.17, 15) is 14.4 Å². The first kappa shape index (κ1) is 21.5. The average Bonchev–Trinajstić information content (AvgIpc) is 2.74. The second kappa shape index (κ2) is 9.50. The summed E-state index contributed by atoms with van der Waals surface area (Å²) >= 11 is 0. The first-order valence-electron chi connectivity index (χ1n) is 9.62. The second-order valence-corrected chi connectivity index (χ2v) is 6.99. The minimum Gasteiger partial charge on any atom is -0.326 e. The van der Waals surface area contributed by atoms with Gasteiger partial charge in [-0.1, -0.05) is 6.07 Å². The molecular formula is C23H21N5O3. The van der Waals surface area contributed by atoms with E-state index in [0.29, 0.717) is 34.6 Å². The van der Waals surface area contributed by atoms with Crippen molar-refractivity contribution in [3.05, 3.63) is 87.1 Å². The van der Waals surface area contributed by atoms with Gasteiger partial charge < -0.3 is 15.6 Å². The van der Waals surface area contributed by atoms with Gasteiger partial charge in [0.25, 0.3) is 11.5 Å². The predicted molar refractivity (Wildman–Crippen MR) is 117 cm³/mol. The zero-order valence-corrected chi connectivity index (χ0v) is 17.2. The Kier molecular flexibility index (Phi) is 6.58. The third-order valence-electron chi connectivity index (χ3n) is 4.87. The van der Waals surface area contributed by atoms with Crippen LogP contribution in [0.3, 0.4) is 0 Å². The van der Waals surface area contributed by atoms with E-state index in [-0.39, 0.29) is 23.8 Å². The fourth-order valence-electron chi connectivity index (χ4n) is 3.26. The summed E-state index contributed by atoms with van der Waals surface area (Å²) in [4.78, 5) is 43.3. The molecule has 0 aliphatic heterocycles. The van der Waals surface area contributed by atoms with E-state index in [1.54, 1.807) is 62.6 Å². The molecule has 0 radical (unpaired) electrons. The quantitative estimate of drug-likeness (QED) is 0.570. The molecule has 1 aromatic carbocycles. The number of hydrogen-bond donors (Lipinski definition) is 3. The normalized spacial score (nSPS) is 10.2. The summed E-state index contributed by atoms with van der Waals surface area (Å²) in [5.41, 5.74) is 3.17. The first-order valence-corrected chi connectivity index (χ1v) is 9.62. The zero-order valence-electron chi connectivity index (χ0n) is 17.2. The highest BCUT2D eigenvalue weighted by atomic mass is 16.2. The number of pyridine rings is 2. The van der Waals surface area contributed by atoms with Gasteiger partial charge in [-0.25, -0.2) is 0 Å². The highest BCUT2D eigenvalue weighted by molar-refractivity contribution is 6.05. The predicted octanol–water partition coefficient (Wildman–Crippen LogP) is 3.08. The molecule has 3 aromatic rings. The van der Waals surface area contributed by atoms with Crippen LogP contribution in [0.5, 0.6) is 0 Å². The molecule has 0 saturated carbocycles. The van der Waals surface area contributed by atoms with Gasteiger partial charge in [0.1, 0.15) is 11.6 Å². The van der Waals surface area contributed by atoms with E-state index in [2.05, 4.69) is 20.6 Å². The molecule has 3 N–H and O–H groups in total. The van der Waals surface area contributed by atoms with Crippen LogP contribution in [0, 0.1) is 25.2 Å². The number of benzene rings is 1. The Morgan fingerprint density at radius 2 is 1.84 bits per heavy atom. The summed E-state index contributed by atoms with van der Waals surface area (Å²) in [6.07, 6.45) is 3.69. The van der Waals surface area contributed by atoms with Gasteiger partial charge in [-0.2, -0.15) is 5.26 Å². The molecule has 3 rings (SSSR count). The Morgan fingerprint density at radius 1 is 1.10 bits per heavy atom. The number of nitriles is 1. The molecule has 0 bridgehead atoms. The van der Waals surface area contributed by atoms with Crippen molar-refractivity contribution >= 4 is 23.2 Å². The van der Waals surface area contributed by atoms with Crippen molar-refractivity contribution in [2.75, 3.05) is 10.6 Å². The number of aromatic nitrogens is 2. The van der Waals surface area contributed by atoms with Crippen LogP contribution in [0.25, 0.3) is 0 Å². The number of H-pyrrole nitrogens is 1. The van der Waals surface area contributed by atoms with Gasteiger partial charge in [0.15, 0.2) is 0 Å². The molecule has 0 aliphatic rings. The molecule has 2 aromatic heterocycles. The smallest absolute Gasteiger partial charge is 0.266 e. The third kappa shape index (κ3) is 5.22. The van der Waals surface area contributed by atoms with Gasteiger partial charge in [-0.3, -0.25) is 19.4 Å². The number of nitrogens with zero attached hydrogens (tertiary/aromatic N) is 2. The summed E-state index contributed by atoms with van der Waals surface area (Å²) < 4.78 is 0. The lowest BCUT2D eigenvalue weighted by molar-refractivity contribution is -0.116. The van der Waals surface area contributed by atoms with E-state index >= 15 is 0 Å². The molecule has 0 atom stereocenters. The topological polar surface area (TPSA) is 128 Å². The number of anilines is 2. The van der Waals surface area contributed by atoms with Crippen LogP contribution in [0.15, 0.2) is 53.6 Å². The van der Waals surface area contributed by atoms with Crippen molar-refractivity contribution < 1.29 is 9.59 Å². The number of carbonyl (C=O) groups is 2. The first-order chi connectivity index (χ1) is 14.9. The van der Waals surface area contributed by atoms with Crippen molar-refractivity contribution in [3.63, 3.8) is 0 Å². The molecule has 156 valence electrons. The Hall–Kier alpha value is -4.25. The summed E-state index contributed by atoms with van der Waals surface area (Å²) in [6, 6.07) is 11.9. The van der Waals surface area contributed by atoms with Crippen molar-refractivity contribution in [2.24, 2.45) is 0 Å². The van der Waals surface area contributed by atoms with Crippen molar-refractivity contribution in [1.29, 1.82) is 5.26 Å². The minimum atomic E-state index is -0.424. The van der Waals surface area contributed by atoms with Gasteiger partial charge in [-0.15, -0.1) is 0 Å². The van der Waals surface area contributed by atoms with Gasteiger partial charge in [0.2, 0.25) is 5.91 Å². The summed E-state index contributed by atoms with van der Waals surface area (Å²) in [5, 5.41) is 14.7. The van der Waals surface area contributed by atoms with E-state index in [4.69, 9.17) is 5.26 Å². The maximum atomic E-state index is 12.4. The Balaban J connectivity index is 1.65. The number of rotatable bonds is 6. The van der Waals surface area contributed by atoms with E-state index in [1.165, 1.54) is 0 Å². The van der Waals surface area contributed by atoms with E-state index in [1.807, 2.05) is 6.07 Å². The molecule has 0 spiro atoms. The van der Waals surface area contributed by atoms with Crippen LogP contribution in [0.4, 0.5) is 11.4 Å². The van der Waals surface area contributed by atoms with Crippen molar-refractivity contribution in [2.45, 2.75) is 26.7 Å². The molecule has 2 heterocycles. The van der Waals surface area contributed by atoms with Crippen LogP contribution in [0.2, 0.25) is 0 Å². The number of aromatic amines is 1.